The van der Waals surface area contributed by atoms with Crippen molar-refractivity contribution in [2.75, 3.05) is 13.1 Å². The molecule has 0 aliphatic rings. The van der Waals surface area contributed by atoms with Gasteiger partial charge in [-0.15, -0.1) is 0 Å². The molecule has 3 nitrogen and oxygen atoms in total. The minimum atomic E-state index is -2.83. The van der Waals surface area contributed by atoms with Gasteiger partial charge in [-0.05, 0) is 37.6 Å². The average molecular weight is 269 g/mol. The number of ether oxygens (including phenoxy) is 1. The molecule has 19 heavy (non-hydrogen) atoms. The van der Waals surface area contributed by atoms with Crippen molar-refractivity contribution in [1.82, 2.24) is 4.90 Å². The van der Waals surface area contributed by atoms with E-state index in [0.717, 1.165) is 5.56 Å². The van der Waals surface area contributed by atoms with Crippen LogP contribution in [0, 0.1) is 0 Å². The molecule has 0 radical (unpaired) electrons. The van der Waals surface area contributed by atoms with E-state index in [-0.39, 0.29) is 11.7 Å². The molecular formula is C14H17F2NO2. The van der Waals surface area contributed by atoms with Crippen molar-refractivity contribution >= 4 is 12.0 Å². The maximum Gasteiger partial charge on any atom is 0.387 e. The molecule has 0 fully saturated rings. The predicted octanol–water partition coefficient (Wildman–Crippen LogP) is 3.17. The summed E-state index contributed by atoms with van der Waals surface area (Å²) in [7, 11) is 0. The highest BCUT2D eigenvalue weighted by Crippen LogP contribution is 2.15. The normalized spacial score (nSPS) is 11.0. The topological polar surface area (TPSA) is 29.5 Å². The average Bonchev–Trinajstić information content (AvgIpc) is 2.38. The summed E-state index contributed by atoms with van der Waals surface area (Å²) in [6.07, 6.45) is 3.11. The van der Waals surface area contributed by atoms with E-state index in [1.54, 1.807) is 23.1 Å². The lowest BCUT2D eigenvalue weighted by atomic mass is 10.2. The maximum absolute atomic E-state index is 12.0. The molecule has 1 rings (SSSR count). The number of rotatable bonds is 6. The van der Waals surface area contributed by atoms with E-state index < -0.39 is 6.61 Å². The second kappa shape index (κ2) is 7.51. The van der Waals surface area contributed by atoms with Crippen LogP contribution in [0.1, 0.15) is 19.4 Å². The van der Waals surface area contributed by atoms with Crippen LogP contribution < -0.4 is 4.74 Å². The number of amides is 1. The molecule has 1 aromatic carbocycles. The van der Waals surface area contributed by atoms with E-state index in [1.807, 2.05) is 13.8 Å². The van der Waals surface area contributed by atoms with Gasteiger partial charge in [0.2, 0.25) is 5.91 Å². The molecule has 0 N–H and O–H groups in total. The molecule has 0 saturated heterocycles. The van der Waals surface area contributed by atoms with Crippen LogP contribution in [0.3, 0.4) is 0 Å². The van der Waals surface area contributed by atoms with Gasteiger partial charge >= 0.3 is 6.61 Å². The van der Waals surface area contributed by atoms with E-state index in [0.29, 0.717) is 13.1 Å². The van der Waals surface area contributed by atoms with Gasteiger partial charge in [0, 0.05) is 19.2 Å². The zero-order chi connectivity index (χ0) is 14.3. The van der Waals surface area contributed by atoms with Crippen molar-refractivity contribution in [3.63, 3.8) is 0 Å². The summed E-state index contributed by atoms with van der Waals surface area (Å²) in [5, 5.41) is 0. The van der Waals surface area contributed by atoms with Crippen molar-refractivity contribution < 1.29 is 18.3 Å². The highest BCUT2D eigenvalue weighted by Gasteiger charge is 2.05. The number of hydrogen-bond donors (Lipinski definition) is 0. The molecule has 1 aromatic rings. The zero-order valence-electron chi connectivity index (χ0n) is 11.0. The van der Waals surface area contributed by atoms with Crippen LogP contribution in [0.5, 0.6) is 5.75 Å². The standard InChI is InChI=1S/C14H17F2NO2/c1-3-17(4-2)13(18)10-7-11-5-8-12(9-6-11)19-14(15)16/h5-10,14H,3-4H2,1-2H3/b10-7+. The number of carbonyl (C=O) groups excluding carboxylic acids is 1. The number of carbonyl (C=O) groups is 1. The summed E-state index contributed by atoms with van der Waals surface area (Å²) in [4.78, 5) is 13.4. The number of alkyl halides is 2. The van der Waals surface area contributed by atoms with Crippen molar-refractivity contribution in [1.29, 1.82) is 0 Å². The lowest BCUT2D eigenvalue weighted by Gasteiger charge is -2.15. The molecule has 0 aliphatic carbocycles. The molecule has 0 aromatic heterocycles. The largest absolute Gasteiger partial charge is 0.435 e. The lowest BCUT2D eigenvalue weighted by molar-refractivity contribution is -0.125. The Labute approximate surface area is 111 Å². The Kier molecular flexibility index (Phi) is 5.99. The molecule has 0 heterocycles. The Morgan fingerprint density at radius 2 is 1.84 bits per heavy atom. The van der Waals surface area contributed by atoms with Gasteiger partial charge in [-0.2, -0.15) is 8.78 Å². The number of benzene rings is 1. The quantitative estimate of drug-likeness (QED) is 0.742. The Bertz CT molecular complexity index is 426. The summed E-state index contributed by atoms with van der Waals surface area (Å²) in [5.74, 6) is 0.0279. The summed E-state index contributed by atoms with van der Waals surface area (Å²) in [5.41, 5.74) is 0.752. The van der Waals surface area contributed by atoms with Crippen LogP contribution in [0.25, 0.3) is 6.08 Å². The Hall–Kier alpha value is -1.91. The van der Waals surface area contributed by atoms with Crippen LogP contribution >= 0.6 is 0 Å². The molecule has 0 spiro atoms. The number of likely N-dealkylation sites (N-methyl/N-ethyl adjacent to an activating group) is 1. The van der Waals surface area contributed by atoms with E-state index in [9.17, 15) is 13.6 Å². The third-order valence-corrected chi connectivity index (χ3v) is 2.60. The fraction of sp³-hybridized carbons (Fsp3) is 0.357. The van der Waals surface area contributed by atoms with Gasteiger partial charge < -0.3 is 9.64 Å². The molecule has 0 unspecified atom stereocenters. The van der Waals surface area contributed by atoms with Crippen LogP contribution in [0.2, 0.25) is 0 Å². The smallest absolute Gasteiger partial charge is 0.387 e. The zero-order valence-corrected chi connectivity index (χ0v) is 11.0. The monoisotopic (exact) mass is 269 g/mol. The molecule has 104 valence electrons. The molecular weight excluding hydrogens is 252 g/mol. The molecule has 5 heteroatoms. The Morgan fingerprint density at radius 1 is 1.26 bits per heavy atom. The van der Waals surface area contributed by atoms with Crippen LogP contribution in [-0.2, 0) is 4.79 Å². The molecule has 1 amide bonds. The van der Waals surface area contributed by atoms with Gasteiger partial charge in [0.25, 0.3) is 0 Å². The van der Waals surface area contributed by atoms with Crippen LogP contribution in [0.15, 0.2) is 30.3 Å². The van der Waals surface area contributed by atoms with Gasteiger partial charge in [-0.1, -0.05) is 12.1 Å². The third-order valence-electron chi connectivity index (χ3n) is 2.60. The summed E-state index contributed by atoms with van der Waals surface area (Å²) in [6.45, 7) is 2.30. The Morgan fingerprint density at radius 3 is 2.32 bits per heavy atom. The molecule has 0 bridgehead atoms. The van der Waals surface area contributed by atoms with Crippen LogP contribution in [0.4, 0.5) is 8.78 Å². The minimum Gasteiger partial charge on any atom is -0.435 e. The van der Waals surface area contributed by atoms with Gasteiger partial charge in [0.05, 0.1) is 0 Å². The first-order valence-electron chi connectivity index (χ1n) is 6.08. The van der Waals surface area contributed by atoms with E-state index in [1.165, 1.54) is 18.2 Å². The molecule has 0 saturated carbocycles. The second-order valence-corrected chi connectivity index (χ2v) is 3.79. The fourth-order valence-corrected chi connectivity index (χ4v) is 1.57. The van der Waals surface area contributed by atoms with Gasteiger partial charge in [-0.25, -0.2) is 0 Å². The third kappa shape index (κ3) is 5.07. The first kappa shape index (κ1) is 15.1. The molecule has 0 aliphatic heterocycles. The number of halogens is 2. The highest BCUT2D eigenvalue weighted by atomic mass is 19.3. The van der Waals surface area contributed by atoms with Crippen molar-refractivity contribution in [3.8, 4) is 5.75 Å². The summed E-state index contributed by atoms with van der Waals surface area (Å²) in [6, 6.07) is 6.11. The highest BCUT2D eigenvalue weighted by molar-refractivity contribution is 5.91. The SMILES string of the molecule is CCN(CC)C(=O)/C=C/c1ccc(OC(F)F)cc1. The van der Waals surface area contributed by atoms with Gasteiger partial charge in [0.15, 0.2) is 0 Å². The number of hydrogen-bond acceptors (Lipinski definition) is 2. The maximum atomic E-state index is 12.0. The van der Waals surface area contributed by atoms with Crippen molar-refractivity contribution in [3.05, 3.63) is 35.9 Å². The summed E-state index contributed by atoms with van der Waals surface area (Å²) < 4.78 is 28.1. The minimum absolute atomic E-state index is 0.0714. The van der Waals surface area contributed by atoms with Gasteiger partial charge in [-0.3, -0.25) is 4.79 Å². The van der Waals surface area contributed by atoms with E-state index in [2.05, 4.69) is 4.74 Å². The number of nitrogens with zero attached hydrogens (tertiary/aromatic N) is 1. The van der Waals surface area contributed by atoms with Crippen molar-refractivity contribution in [2.45, 2.75) is 20.5 Å². The fourth-order valence-electron chi connectivity index (χ4n) is 1.57. The first-order valence-corrected chi connectivity index (χ1v) is 6.08. The van der Waals surface area contributed by atoms with E-state index >= 15 is 0 Å². The van der Waals surface area contributed by atoms with Crippen LogP contribution in [-0.4, -0.2) is 30.5 Å². The second-order valence-electron chi connectivity index (χ2n) is 3.79. The Balaban J connectivity index is 2.64. The summed E-state index contributed by atoms with van der Waals surface area (Å²) >= 11 is 0. The van der Waals surface area contributed by atoms with Crippen molar-refractivity contribution in [2.24, 2.45) is 0 Å². The lowest BCUT2D eigenvalue weighted by Crippen LogP contribution is -2.28. The first-order chi connectivity index (χ1) is 9.06. The van der Waals surface area contributed by atoms with E-state index in [4.69, 9.17) is 0 Å². The predicted molar refractivity (Wildman–Crippen MR) is 70.0 cm³/mol. The van der Waals surface area contributed by atoms with Gasteiger partial charge in [0.1, 0.15) is 5.75 Å². The molecule has 0 atom stereocenters.